The van der Waals surface area contributed by atoms with Crippen LogP contribution in [0.15, 0.2) is 53.3 Å². The maximum absolute atomic E-state index is 13.0. The third-order valence-electron chi connectivity index (χ3n) is 5.83. The third-order valence-corrected chi connectivity index (χ3v) is 5.83. The first-order valence-corrected chi connectivity index (χ1v) is 10.4. The fraction of sp³-hybridized carbons (Fsp3) is 0.333. The van der Waals surface area contributed by atoms with Gasteiger partial charge >= 0.3 is 0 Å². The summed E-state index contributed by atoms with van der Waals surface area (Å²) in [5.74, 6) is 0.427. The molecule has 3 aromatic rings. The van der Waals surface area contributed by atoms with Crippen LogP contribution >= 0.6 is 0 Å². The molecule has 156 valence electrons. The molecule has 0 bridgehead atoms. The van der Waals surface area contributed by atoms with Crippen molar-refractivity contribution < 1.29 is 9.53 Å². The molecule has 6 heteroatoms. The number of carbonyl (C=O) groups excluding carboxylic acids is 1. The van der Waals surface area contributed by atoms with Crippen LogP contribution in [0.25, 0.3) is 5.69 Å². The van der Waals surface area contributed by atoms with E-state index in [1.54, 1.807) is 23.3 Å². The Hall–Kier alpha value is -3.28. The monoisotopic (exact) mass is 405 g/mol. The van der Waals surface area contributed by atoms with E-state index in [0.717, 1.165) is 30.7 Å². The number of carbonyl (C=O) groups is 1. The molecule has 0 unspecified atom stereocenters. The van der Waals surface area contributed by atoms with E-state index in [1.807, 2.05) is 49.4 Å². The van der Waals surface area contributed by atoms with E-state index in [9.17, 15) is 9.59 Å². The summed E-state index contributed by atoms with van der Waals surface area (Å²) in [4.78, 5) is 25.9. The number of rotatable bonds is 5. The molecule has 1 heterocycles. The third kappa shape index (κ3) is 3.65. The molecule has 6 nitrogen and oxygen atoms in total. The molecule has 1 atom stereocenters. The SMILES string of the molecule is Cc1c(NC(=O)[C@H](C)Oc2cccc3c2CCCC3)c(=O)n(-c2ccccc2)n1C. The number of aryl methyl sites for hydroxylation is 1. The number of benzene rings is 2. The van der Waals surface area contributed by atoms with E-state index in [2.05, 4.69) is 11.4 Å². The first kappa shape index (κ1) is 20.0. The Morgan fingerprint density at radius 1 is 1.07 bits per heavy atom. The van der Waals surface area contributed by atoms with Crippen LogP contribution in [0, 0.1) is 6.92 Å². The lowest BCUT2D eigenvalue weighted by molar-refractivity contribution is -0.122. The molecule has 0 radical (unpaired) electrons. The molecule has 1 N–H and O–H groups in total. The summed E-state index contributed by atoms with van der Waals surface area (Å²) in [5, 5.41) is 2.79. The summed E-state index contributed by atoms with van der Waals surface area (Å²) in [5.41, 5.74) is 3.94. The van der Waals surface area contributed by atoms with Crippen molar-refractivity contribution in [3.8, 4) is 11.4 Å². The summed E-state index contributed by atoms with van der Waals surface area (Å²) in [7, 11) is 1.80. The van der Waals surface area contributed by atoms with Gasteiger partial charge in [-0.1, -0.05) is 30.3 Å². The standard InChI is InChI=1S/C24H27N3O3/c1-16-22(24(29)27(26(16)3)19-12-5-4-6-13-19)25-23(28)17(2)30-21-15-9-11-18-10-7-8-14-20(18)21/h4-6,9,11-13,15,17H,7-8,10,14H2,1-3H3,(H,25,28)/t17-/m0/s1. The molecule has 4 rings (SSSR count). The smallest absolute Gasteiger partial charge is 0.295 e. The van der Waals surface area contributed by atoms with Crippen LogP contribution in [0.5, 0.6) is 5.75 Å². The van der Waals surface area contributed by atoms with Crippen LogP contribution in [0.2, 0.25) is 0 Å². The number of nitrogens with one attached hydrogen (secondary N) is 1. The minimum absolute atomic E-state index is 0.265. The van der Waals surface area contributed by atoms with Gasteiger partial charge in [-0.2, -0.15) is 0 Å². The van der Waals surface area contributed by atoms with Gasteiger partial charge in [0.05, 0.1) is 11.4 Å². The van der Waals surface area contributed by atoms with Gasteiger partial charge in [-0.3, -0.25) is 14.3 Å². The molecule has 1 aliphatic rings. The van der Waals surface area contributed by atoms with Crippen LogP contribution in [0.1, 0.15) is 36.6 Å². The number of para-hydroxylation sites is 1. The molecule has 1 aromatic heterocycles. The summed E-state index contributed by atoms with van der Waals surface area (Å²) in [6.07, 6.45) is 3.63. The molecule has 1 amide bonds. The number of ether oxygens (including phenoxy) is 1. The van der Waals surface area contributed by atoms with Crippen molar-refractivity contribution in [1.82, 2.24) is 9.36 Å². The first-order chi connectivity index (χ1) is 14.5. The minimum atomic E-state index is -0.720. The summed E-state index contributed by atoms with van der Waals surface area (Å²) in [6.45, 7) is 3.53. The Morgan fingerprint density at radius 2 is 1.80 bits per heavy atom. The van der Waals surface area contributed by atoms with Crippen LogP contribution in [0.3, 0.4) is 0 Å². The number of nitrogens with zero attached hydrogens (tertiary/aromatic N) is 2. The summed E-state index contributed by atoms with van der Waals surface area (Å²) < 4.78 is 9.31. The molecule has 0 spiro atoms. The Kier molecular flexibility index (Phi) is 5.48. The molecule has 30 heavy (non-hydrogen) atoms. The quantitative estimate of drug-likeness (QED) is 0.703. The molecule has 0 saturated heterocycles. The minimum Gasteiger partial charge on any atom is -0.481 e. The molecular weight excluding hydrogens is 378 g/mol. The highest BCUT2D eigenvalue weighted by Crippen LogP contribution is 2.30. The average molecular weight is 405 g/mol. The van der Waals surface area contributed by atoms with Gasteiger partial charge < -0.3 is 10.1 Å². The van der Waals surface area contributed by atoms with Gasteiger partial charge in [0.1, 0.15) is 11.4 Å². The van der Waals surface area contributed by atoms with Crippen molar-refractivity contribution in [2.75, 3.05) is 5.32 Å². The van der Waals surface area contributed by atoms with E-state index in [1.165, 1.54) is 17.5 Å². The maximum Gasteiger partial charge on any atom is 0.295 e. The largest absolute Gasteiger partial charge is 0.481 e. The second kappa shape index (κ2) is 8.22. The van der Waals surface area contributed by atoms with Gasteiger partial charge in [0.15, 0.2) is 6.10 Å². The number of hydrogen-bond acceptors (Lipinski definition) is 3. The van der Waals surface area contributed by atoms with Crippen molar-refractivity contribution in [1.29, 1.82) is 0 Å². The Morgan fingerprint density at radius 3 is 2.57 bits per heavy atom. The van der Waals surface area contributed by atoms with Crippen molar-refractivity contribution in [3.05, 3.63) is 75.7 Å². The lowest BCUT2D eigenvalue weighted by Crippen LogP contribution is -2.32. The Labute approximate surface area is 176 Å². The Bertz CT molecular complexity index is 1130. The highest BCUT2D eigenvalue weighted by Gasteiger charge is 2.23. The fourth-order valence-electron chi connectivity index (χ4n) is 4.04. The highest BCUT2D eigenvalue weighted by molar-refractivity contribution is 5.94. The van der Waals surface area contributed by atoms with Gasteiger partial charge in [-0.05, 0) is 68.9 Å². The second-order valence-corrected chi connectivity index (χ2v) is 7.79. The van der Waals surface area contributed by atoms with E-state index in [0.29, 0.717) is 5.69 Å². The van der Waals surface area contributed by atoms with Gasteiger partial charge in [-0.25, -0.2) is 4.68 Å². The number of aromatic nitrogens is 2. The summed E-state index contributed by atoms with van der Waals surface area (Å²) in [6, 6.07) is 15.4. The molecule has 0 aliphatic heterocycles. The number of hydrogen-bond donors (Lipinski definition) is 1. The predicted octanol–water partition coefficient (Wildman–Crippen LogP) is 3.77. The highest BCUT2D eigenvalue weighted by atomic mass is 16.5. The van der Waals surface area contributed by atoms with Gasteiger partial charge in [0.2, 0.25) is 0 Å². The zero-order valence-electron chi connectivity index (χ0n) is 17.6. The fourth-order valence-corrected chi connectivity index (χ4v) is 4.04. The molecule has 0 saturated carbocycles. The van der Waals surface area contributed by atoms with Crippen LogP contribution < -0.4 is 15.6 Å². The zero-order chi connectivity index (χ0) is 21.3. The van der Waals surface area contributed by atoms with Gasteiger partial charge in [0.25, 0.3) is 11.5 Å². The van der Waals surface area contributed by atoms with Crippen LogP contribution in [-0.2, 0) is 24.7 Å². The molecular formula is C24H27N3O3. The van der Waals surface area contributed by atoms with E-state index < -0.39 is 6.10 Å². The van der Waals surface area contributed by atoms with Crippen LogP contribution in [0.4, 0.5) is 5.69 Å². The molecule has 2 aromatic carbocycles. The number of amides is 1. The van der Waals surface area contributed by atoms with Crippen molar-refractivity contribution in [3.63, 3.8) is 0 Å². The number of anilines is 1. The first-order valence-electron chi connectivity index (χ1n) is 10.4. The normalized spacial score (nSPS) is 14.1. The maximum atomic E-state index is 13.0. The molecule has 1 aliphatic carbocycles. The average Bonchev–Trinajstić information content (AvgIpc) is 2.97. The van der Waals surface area contributed by atoms with Crippen molar-refractivity contribution in [2.24, 2.45) is 7.05 Å². The van der Waals surface area contributed by atoms with Crippen molar-refractivity contribution in [2.45, 2.75) is 45.6 Å². The van der Waals surface area contributed by atoms with E-state index >= 15 is 0 Å². The molecule has 0 fully saturated rings. The van der Waals surface area contributed by atoms with Crippen molar-refractivity contribution >= 4 is 11.6 Å². The lowest BCUT2D eigenvalue weighted by atomic mass is 9.91. The van der Waals surface area contributed by atoms with E-state index in [-0.39, 0.29) is 17.2 Å². The second-order valence-electron chi connectivity index (χ2n) is 7.79. The van der Waals surface area contributed by atoms with Crippen LogP contribution in [-0.4, -0.2) is 21.4 Å². The lowest BCUT2D eigenvalue weighted by Gasteiger charge is -2.21. The topological polar surface area (TPSA) is 65.3 Å². The predicted molar refractivity (Wildman–Crippen MR) is 118 cm³/mol. The Balaban J connectivity index is 1.56. The number of fused-ring (bicyclic) bond motifs is 1. The van der Waals surface area contributed by atoms with Gasteiger partial charge in [-0.15, -0.1) is 0 Å². The summed E-state index contributed by atoms with van der Waals surface area (Å²) >= 11 is 0. The zero-order valence-corrected chi connectivity index (χ0v) is 17.6. The van der Waals surface area contributed by atoms with Gasteiger partial charge in [0, 0.05) is 7.05 Å². The van der Waals surface area contributed by atoms with E-state index in [4.69, 9.17) is 4.74 Å².